The standard InChI is InChI=1S/C14H20N2O3/c1-2-18-14(17)12-3-4-13(16-10-12)19-8-6-11-5-7-15-9-11/h3-4,10-11,15H,2,5-9H2,1H3. The Bertz CT molecular complexity index is 400. The summed E-state index contributed by atoms with van der Waals surface area (Å²) in [4.78, 5) is 15.5. The lowest BCUT2D eigenvalue weighted by atomic mass is 10.1. The van der Waals surface area contributed by atoms with Gasteiger partial charge in [0.05, 0.1) is 18.8 Å². The topological polar surface area (TPSA) is 60.5 Å². The maximum Gasteiger partial charge on any atom is 0.339 e. The molecule has 5 nitrogen and oxygen atoms in total. The molecule has 1 aromatic heterocycles. The van der Waals surface area contributed by atoms with Crippen LogP contribution in [0.25, 0.3) is 0 Å². The lowest BCUT2D eigenvalue weighted by Gasteiger charge is -2.09. The van der Waals surface area contributed by atoms with Gasteiger partial charge in [0.15, 0.2) is 0 Å². The fraction of sp³-hybridized carbons (Fsp3) is 0.571. The van der Waals surface area contributed by atoms with Gasteiger partial charge in [0.1, 0.15) is 0 Å². The van der Waals surface area contributed by atoms with Crippen molar-refractivity contribution in [3.05, 3.63) is 23.9 Å². The normalized spacial score (nSPS) is 18.3. The summed E-state index contributed by atoms with van der Waals surface area (Å²) in [5, 5.41) is 3.33. The third-order valence-corrected chi connectivity index (χ3v) is 3.19. The summed E-state index contributed by atoms with van der Waals surface area (Å²) in [6.45, 7) is 5.00. The molecule has 2 rings (SSSR count). The summed E-state index contributed by atoms with van der Waals surface area (Å²) in [6, 6.07) is 3.39. The van der Waals surface area contributed by atoms with E-state index in [9.17, 15) is 4.79 Å². The Balaban J connectivity index is 1.76. The van der Waals surface area contributed by atoms with Gasteiger partial charge in [-0.2, -0.15) is 0 Å². The Hall–Kier alpha value is -1.62. The Kier molecular flexibility index (Phi) is 5.15. The number of esters is 1. The molecule has 0 amide bonds. The summed E-state index contributed by atoms with van der Waals surface area (Å²) in [6.07, 6.45) is 3.75. The molecule has 1 aromatic rings. The van der Waals surface area contributed by atoms with Crippen LogP contribution < -0.4 is 10.1 Å². The van der Waals surface area contributed by atoms with E-state index in [1.54, 1.807) is 19.1 Å². The molecule has 0 radical (unpaired) electrons. The maximum absolute atomic E-state index is 11.4. The molecule has 1 aliphatic heterocycles. The summed E-state index contributed by atoms with van der Waals surface area (Å²) in [7, 11) is 0. The SMILES string of the molecule is CCOC(=O)c1ccc(OCCC2CCNC2)nc1. The summed E-state index contributed by atoms with van der Waals surface area (Å²) >= 11 is 0. The second kappa shape index (κ2) is 7.09. The number of ether oxygens (including phenoxy) is 2. The van der Waals surface area contributed by atoms with Gasteiger partial charge in [-0.05, 0) is 44.8 Å². The predicted molar refractivity (Wildman–Crippen MR) is 71.3 cm³/mol. The van der Waals surface area contributed by atoms with Crippen molar-refractivity contribution in [3.8, 4) is 5.88 Å². The van der Waals surface area contributed by atoms with Crippen molar-refractivity contribution in [2.75, 3.05) is 26.3 Å². The minimum atomic E-state index is -0.349. The molecular weight excluding hydrogens is 244 g/mol. The number of rotatable bonds is 6. The van der Waals surface area contributed by atoms with E-state index in [1.165, 1.54) is 12.6 Å². The molecule has 0 aromatic carbocycles. The van der Waals surface area contributed by atoms with Crippen molar-refractivity contribution in [1.29, 1.82) is 0 Å². The second-order valence-corrected chi connectivity index (χ2v) is 4.60. The van der Waals surface area contributed by atoms with Crippen LogP contribution in [0.2, 0.25) is 0 Å². The molecule has 2 heterocycles. The average molecular weight is 264 g/mol. The average Bonchev–Trinajstić information content (AvgIpc) is 2.93. The number of hydrogen-bond acceptors (Lipinski definition) is 5. The Morgan fingerprint density at radius 3 is 3.05 bits per heavy atom. The third kappa shape index (κ3) is 4.21. The predicted octanol–water partition coefficient (Wildman–Crippen LogP) is 1.64. The molecular formula is C14H20N2O3. The quantitative estimate of drug-likeness (QED) is 0.791. The van der Waals surface area contributed by atoms with Gasteiger partial charge in [0.2, 0.25) is 5.88 Å². The van der Waals surface area contributed by atoms with Crippen molar-refractivity contribution < 1.29 is 14.3 Å². The fourth-order valence-electron chi connectivity index (χ4n) is 2.09. The van der Waals surface area contributed by atoms with Crippen LogP contribution in [0, 0.1) is 5.92 Å². The van der Waals surface area contributed by atoms with Gasteiger partial charge in [0, 0.05) is 12.3 Å². The summed E-state index contributed by atoms with van der Waals surface area (Å²) < 4.78 is 10.5. The summed E-state index contributed by atoms with van der Waals surface area (Å²) in [5.74, 6) is 0.913. The van der Waals surface area contributed by atoms with Crippen LogP contribution >= 0.6 is 0 Å². The lowest BCUT2D eigenvalue weighted by Crippen LogP contribution is -2.12. The van der Waals surface area contributed by atoms with Crippen molar-refractivity contribution in [1.82, 2.24) is 10.3 Å². The zero-order chi connectivity index (χ0) is 13.5. The molecule has 1 atom stereocenters. The zero-order valence-electron chi connectivity index (χ0n) is 11.2. The molecule has 5 heteroatoms. The Labute approximate surface area is 113 Å². The van der Waals surface area contributed by atoms with Gasteiger partial charge >= 0.3 is 5.97 Å². The fourth-order valence-corrected chi connectivity index (χ4v) is 2.09. The van der Waals surface area contributed by atoms with Crippen LogP contribution in [0.4, 0.5) is 0 Å². The minimum Gasteiger partial charge on any atom is -0.478 e. The molecule has 1 saturated heterocycles. The number of hydrogen-bond donors (Lipinski definition) is 1. The smallest absolute Gasteiger partial charge is 0.339 e. The van der Waals surface area contributed by atoms with Gasteiger partial charge in [-0.1, -0.05) is 0 Å². The number of carbonyl (C=O) groups excluding carboxylic acids is 1. The molecule has 19 heavy (non-hydrogen) atoms. The third-order valence-electron chi connectivity index (χ3n) is 3.19. The van der Waals surface area contributed by atoms with Crippen LogP contribution in [-0.4, -0.2) is 37.3 Å². The first-order valence-electron chi connectivity index (χ1n) is 6.76. The largest absolute Gasteiger partial charge is 0.478 e. The second-order valence-electron chi connectivity index (χ2n) is 4.60. The molecule has 104 valence electrons. The Morgan fingerprint density at radius 2 is 2.42 bits per heavy atom. The zero-order valence-corrected chi connectivity index (χ0v) is 11.2. The molecule has 1 unspecified atom stereocenters. The van der Waals surface area contributed by atoms with E-state index in [1.807, 2.05) is 0 Å². The molecule has 1 fully saturated rings. The van der Waals surface area contributed by atoms with E-state index in [4.69, 9.17) is 9.47 Å². The lowest BCUT2D eigenvalue weighted by molar-refractivity contribution is 0.0526. The van der Waals surface area contributed by atoms with Crippen LogP contribution in [0.15, 0.2) is 18.3 Å². The van der Waals surface area contributed by atoms with Gasteiger partial charge in [-0.25, -0.2) is 9.78 Å². The molecule has 0 bridgehead atoms. The van der Waals surface area contributed by atoms with E-state index in [-0.39, 0.29) is 5.97 Å². The first-order valence-corrected chi connectivity index (χ1v) is 6.76. The monoisotopic (exact) mass is 264 g/mol. The first-order chi connectivity index (χ1) is 9.29. The first kappa shape index (κ1) is 13.8. The molecule has 0 saturated carbocycles. The van der Waals surface area contributed by atoms with Crippen molar-refractivity contribution >= 4 is 5.97 Å². The van der Waals surface area contributed by atoms with E-state index >= 15 is 0 Å². The maximum atomic E-state index is 11.4. The number of nitrogens with zero attached hydrogens (tertiary/aromatic N) is 1. The highest BCUT2D eigenvalue weighted by atomic mass is 16.5. The molecule has 0 spiro atoms. The number of carbonyl (C=O) groups is 1. The van der Waals surface area contributed by atoms with E-state index in [0.29, 0.717) is 30.6 Å². The number of pyridine rings is 1. The van der Waals surface area contributed by atoms with E-state index in [2.05, 4.69) is 10.3 Å². The van der Waals surface area contributed by atoms with Gasteiger partial charge in [0.25, 0.3) is 0 Å². The van der Waals surface area contributed by atoms with Crippen LogP contribution in [0.1, 0.15) is 30.1 Å². The molecule has 0 aliphatic carbocycles. The van der Waals surface area contributed by atoms with E-state index in [0.717, 1.165) is 19.5 Å². The highest BCUT2D eigenvalue weighted by Gasteiger charge is 2.14. The van der Waals surface area contributed by atoms with Gasteiger partial charge in [-0.3, -0.25) is 0 Å². The molecule has 1 aliphatic rings. The summed E-state index contributed by atoms with van der Waals surface area (Å²) in [5.41, 5.74) is 0.453. The van der Waals surface area contributed by atoms with Crippen LogP contribution in [-0.2, 0) is 4.74 Å². The number of nitrogens with one attached hydrogen (secondary N) is 1. The van der Waals surface area contributed by atoms with Crippen molar-refractivity contribution in [2.24, 2.45) is 5.92 Å². The molecule has 1 N–H and O–H groups in total. The van der Waals surface area contributed by atoms with Gasteiger partial charge < -0.3 is 14.8 Å². The van der Waals surface area contributed by atoms with E-state index < -0.39 is 0 Å². The minimum absolute atomic E-state index is 0.349. The van der Waals surface area contributed by atoms with Crippen molar-refractivity contribution in [3.63, 3.8) is 0 Å². The Morgan fingerprint density at radius 1 is 1.53 bits per heavy atom. The van der Waals surface area contributed by atoms with Gasteiger partial charge in [-0.15, -0.1) is 0 Å². The highest BCUT2D eigenvalue weighted by Crippen LogP contribution is 2.14. The van der Waals surface area contributed by atoms with Crippen molar-refractivity contribution in [2.45, 2.75) is 19.8 Å². The number of aromatic nitrogens is 1. The highest BCUT2D eigenvalue weighted by molar-refractivity contribution is 5.89. The van der Waals surface area contributed by atoms with Crippen LogP contribution in [0.5, 0.6) is 5.88 Å². The van der Waals surface area contributed by atoms with Crippen LogP contribution in [0.3, 0.4) is 0 Å².